The lowest BCUT2D eigenvalue weighted by molar-refractivity contribution is -0.126. The van der Waals surface area contributed by atoms with Crippen LogP contribution < -0.4 is 0 Å². The van der Waals surface area contributed by atoms with Crippen molar-refractivity contribution in [2.75, 3.05) is 0 Å². The fourth-order valence-electron chi connectivity index (χ4n) is 1.08. The van der Waals surface area contributed by atoms with Crippen molar-refractivity contribution in [2.45, 2.75) is 25.1 Å². The van der Waals surface area contributed by atoms with Crippen LogP contribution in [-0.4, -0.2) is 12.8 Å². The van der Waals surface area contributed by atoms with Crippen molar-refractivity contribution in [2.24, 2.45) is 0 Å². The lowest BCUT2D eigenvalue weighted by Gasteiger charge is -2.44. The van der Waals surface area contributed by atoms with Gasteiger partial charge in [0.2, 0.25) is 0 Å². The summed E-state index contributed by atoms with van der Waals surface area (Å²) >= 11 is 0. The number of Topliss-reactive ketones (excluding diaryl/α,β-unsaturated/α-hetero) is 1. The van der Waals surface area contributed by atoms with Crippen molar-refractivity contribution >= 4 is 12.8 Å². The summed E-state index contributed by atoms with van der Waals surface area (Å²) < 4.78 is 35.9. The molecule has 58 valence electrons. The molecule has 0 radical (unpaired) electrons. The van der Waals surface area contributed by atoms with E-state index in [2.05, 4.69) is 0 Å². The van der Waals surface area contributed by atoms with Gasteiger partial charge in [0.1, 0.15) is 5.78 Å². The number of carbonyl (C=O) groups is 1. The van der Waals surface area contributed by atoms with Gasteiger partial charge in [-0.05, 0) is 12.8 Å². The van der Waals surface area contributed by atoms with E-state index < -0.39 is 12.3 Å². The highest BCUT2D eigenvalue weighted by atomic mass is 19.4. The van der Waals surface area contributed by atoms with E-state index in [-0.39, 0.29) is 18.6 Å². The SMILES string of the molecule is CC1([B-](F)(F)F)CC(=O)C1. The van der Waals surface area contributed by atoms with Crippen molar-refractivity contribution in [3.63, 3.8) is 0 Å². The summed E-state index contributed by atoms with van der Waals surface area (Å²) in [5.41, 5.74) is 0. The van der Waals surface area contributed by atoms with E-state index >= 15 is 0 Å². The van der Waals surface area contributed by atoms with Crippen LogP contribution in [0.15, 0.2) is 0 Å². The van der Waals surface area contributed by atoms with Crippen LogP contribution in [0.1, 0.15) is 19.8 Å². The van der Waals surface area contributed by atoms with Gasteiger partial charge >= 0.3 is 6.98 Å². The predicted octanol–water partition coefficient (Wildman–Crippen LogP) is 1.96. The Balaban J connectivity index is 2.65. The van der Waals surface area contributed by atoms with Crippen molar-refractivity contribution in [1.82, 2.24) is 0 Å². The molecule has 0 spiro atoms. The number of halogens is 3. The van der Waals surface area contributed by atoms with Crippen molar-refractivity contribution in [3.05, 3.63) is 0 Å². The number of hydrogen-bond acceptors (Lipinski definition) is 1. The molecule has 1 rings (SSSR count). The summed E-state index contributed by atoms with van der Waals surface area (Å²) in [4.78, 5) is 10.3. The molecular formula is C5H7BF3O-. The maximum absolute atomic E-state index is 12.0. The summed E-state index contributed by atoms with van der Waals surface area (Å²) in [7, 11) is 0. The number of carbonyl (C=O) groups excluding carboxylic acids is 1. The molecule has 1 aliphatic carbocycles. The minimum Gasteiger partial charge on any atom is -0.449 e. The Morgan fingerprint density at radius 2 is 1.80 bits per heavy atom. The molecule has 0 bridgehead atoms. The molecule has 10 heavy (non-hydrogen) atoms. The highest BCUT2D eigenvalue weighted by Gasteiger charge is 2.53. The first-order valence-corrected chi connectivity index (χ1v) is 3.06. The quantitative estimate of drug-likeness (QED) is 0.523. The summed E-state index contributed by atoms with van der Waals surface area (Å²) in [5, 5.41) is -1.66. The van der Waals surface area contributed by atoms with Crippen LogP contribution in [0, 0.1) is 0 Å². The van der Waals surface area contributed by atoms with E-state index in [1.807, 2.05) is 0 Å². The highest BCUT2D eigenvalue weighted by molar-refractivity contribution is 6.63. The van der Waals surface area contributed by atoms with E-state index in [9.17, 15) is 17.7 Å². The maximum Gasteiger partial charge on any atom is 0.485 e. The normalized spacial score (nSPS) is 24.2. The minimum atomic E-state index is -4.82. The average Bonchev–Trinajstić information content (AvgIpc) is 1.58. The third kappa shape index (κ3) is 0.934. The van der Waals surface area contributed by atoms with E-state index in [1.165, 1.54) is 0 Å². The van der Waals surface area contributed by atoms with Gasteiger partial charge in [0.05, 0.1) is 0 Å². The van der Waals surface area contributed by atoms with Gasteiger partial charge in [-0.2, -0.15) is 0 Å². The molecule has 0 atom stereocenters. The number of rotatable bonds is 1. The van der Waals surface area contributed by atoms with Gasteiger partial charge < -0.3 is 12.9 Å². The summed E-state index contributed by atoms with van der Waals surface area (Å²) in [6, 6.07) is 0. The van der Waals surface area contributed by atoms with Gasteiger partial charge in [-0.15, -0.1) is 0 Å². The zero-order valence-corrected chi connectivity index (χ0v) is 5.53. The smallest absolute Gasteiger partial charge is 0.449 e. The third-order valence-corrected chi connectivity index (χ3v) is 1.99. The molecule has 0 amide bonds. The second-order valence-corrected chi connectivity index (χ2v) is 3.12. The fraction of sp³-hybridized carbons (Fsp3) is 0.800. The van der Waals surface area contributed by atoms with Crippen LogP contribution >= 0.6 is 0 Å². The Bertz CT molecular complexity index is 166. The van der Waals surface area contributed by atoms with Gasteiger partial charge in [-0.25, -0.2) is 0 Å². The number of ketones is 1. The van der Waals surface area contributed by atoms with E-state index in [4.69, 9.17) is 0 Å². The molecule has 0 aliphatic heterocycles. The highest BCUT2D eigenvalue weighted by Crippen LogP contribution is 2.54. The van der Waals surface area contributed by atoms with Crippen LogP contribution in [0.5, 0.6) is 0 Å². The summed E-state index contributed by atoms with van der Waals surface area (Å²) in [6.45, 7) is -3.71. The lowest BCUT2D eigenvalue weighted by Crippen LogP contribution is -2.44. The summed E-state index contributed by atoms with van der Waals surface area (Å²) in [5.74, 6) is -0.276. The molecule has 0 aromatic carbocycles. The molecule has 1 fully saturated rings. The second kappa shape index (κ2) is 1.77. The Labute approximate surface area is 56.7 Å². The Morgan fingerprint density at radius 3 is 1.90 bits per heavy atom. The Hall–Kier alpha value is -0.475. The average molecular weight is 151 g/mol. The molecule has 1 nitrogen and oxygen atoms in total. The van der Waals surface area contributed by atoms with Crippen LogP contribution in [-0.2, 0) is 4.79 Å². The standard InChI is InChI=1S/C5H7BF3O/c1-5(6(7,8)9)2-4(10)3-5/h2-3H2,1H3/q-1. The van der Waals surface area contributed by atoms with Gasteiger partial charge in [0.15, 0.2) is 0 Å². The molecule has 0 aromatic heterocycles. The monoisotopic (exact) mass is 151 g/mol. The first kappa shape index (κ1) is 7.63. The predicted molar refractivity (Wildman–Crippen MR) is 31.7 cm³/mol. The topological polar surface area (TPSA) is 17.1 Å². The molecule has 1 aliphatic rings. The minimum absolute atomic E-state index is 0.276. The van der Waals surface area contributed by atoms with Gasteiger partial charge in [0, 0.05) is 0 Å². The Morgan fingerprint density at radius 1 is 1.40 bits per heavy atom. The first-order chi connectivity index (χ1) is 4.35. The van der Waals surface area contributed by atoms with Crippen molar-refractivity contribution in [1.29, 1.82) is 0 Å². The van der Waals surface area contributed by atoms with Gasteiger partial charge in [0.25, 0.3) is 0 Å². The van der Waals surface area contributed by atoms with Crippen LogP contribution in [0.2, 0.25) is 5.31 Å². The van der Waals surface area contributed by atoms with Crippen LogP contribution in [0.4, 0.5) is 12.9 Å². The maximum atomic E-state index is 12.0. The molecule has 0 unspecified atom stereocenters. The molecular weight excluding hydrogens is 144 g/mol. The third-order valence-electron chi connectivity index (χ3n) is 1.99. The molecule has 0 heterocycles. The number of hydrogen-bond donors (Lipinski definition) is 0. The largest absolute Gasteiger partial charge is 0.485 e. The fourth-order valence-corrected chi connectivity index (χ4v) is 1.08. The molecule has 0 saturated heterocycles. The van der Waals surface area contributed by atoms with Crippen molar-refractivity contribution in [3.8, 4) is 0 Å². The van der Waals surface area contributed by atoms with Gasteiger partial charge in [-0.3, -0.25) is 4.79 Å². The molecule has 0 N–H and O–H groups in total. The lowest BCUT2D eigenvalue weighted by atomic mass is 9.48. The van der Waals surface area contributed by atoms with E-state index in [0.29, 0.717) is 0 Å². The molecule has 5 heteroatoms. The van der Waals surface area contributed by atoms with Crippen LogP contribution in [0.3, 0.4) is 0 Å². The van der Waals surface area contributed by atoms with Gasteiger partial charge in [-0.1, -0.05) is 12.2 Å². The summed E-state index contributed by atoms with van der Waals surface area (Å²) in [6.07, 6.45) is -0.618. The zero-order valence-electron chi connectivity index (χ0n) is 5.53. The van der Waals surface area contributed by atoms with Crippen molar-refractivity contribution < 1.29 is 17.7 Å². The second-order valence-electron chi connectivity index (χ2n) is 3.12. The Kier molecular flexibility index (Phi) is 1.35. The first-order valence-electron chi connectivity index (χ1n) is 3.06. The van der Waals surface area contributed by atoms with E-state index in [1.54, 1.807) is 0 Å². The zero-order chi connectivity index (χ0) is 7.99. The van der Waals surface area contributed by atoms with E-state index in [0.717, 1.165) is 6.92 Å². The molecule has 1 saturated carbocycles. The van der Waals surface area contributed by atoms with Crippen LogP contribution in [0.25, 0.3) is 0 Å². The molecule has 0 aromatic rings.